The summed E-state index contributed by atoms with van der Waals surface area (Å²) in [6, 6.07) is 10.7. The van der Waals surface area contributed by atoms with Crippen LogP contribution in [0.1, 0.15) is 11.3 Å². The summed E-state index contributed by atoms with van der Waals surface area (Å²) in [6.45, 7) is 0.389. The van der Waals surface area contributed by atoms with Crippen molar-refractivity contribution < 1.29 is 9.53 Å². The van der Waals surface area contributed by atoms with Gasteiger partial charge in [0.1, 0.15) is 11.8 Å². The van der Waals surface area contributed by atoms with Crippen molar-refractivity contribution in [3.8, 4) is 11.8 Å². The van der Waals surface area contributed by atoms with E-state index in [9.17, 15) is 4.79 Å². The van der Waals surface area contributed by atoms with Crippen LogP contribution in [-0.2, 0) is 18.3 Å². The maximum atomic E-state index is 11.7. The van der Waals surface area contributed by atoms with Crippen molar-refractivity contribution in [3.63, 3.8) is 0 Å². The number of amides is 1. The first-order chi connectivity index (χ1) is 10.2. The van der Waals surface area contributed by atoms with E-state index in [1.165, 1.54) is 0 Å². The summed E-state index contributed by atoms with van der Waals surface area (Å²) < 4.78 is 7.06. The Balaban J connectivity index is 1.74. The number of nitrogens with zero attached hydrogens (tertiary/aromatic N) is 3. The van der Waals surface area contributed by atoms with Gasteiger partial charge in [-0.3, -0.25) is 9.48 Å². The molecule has 0 saturated carbocycles. The number of nitriles is 1. The number of para-hydroxylation sites is 1. The standard InChI is InChI=1S/C15H16N4O2/c1-19-9-7-13(18-19)6-8-17-15(20)11-21-14-5-3-2-4-12(14)10-16/h2-5,7,9H,6,8,11H2,1H3,(H,17,20). The molecule has 108 valence electrons. The summed E-state index contributed by atoms with van der Waals surface area (Å²) in [5, 5.41) is 15.9. The number of aryl methyl sites for hydroxylation is 1. The summed E-state index contributed by atoms with van der Waals surface area (Å²) in [6.07, 6.45) is 2.53. The molecule has 1 N–H and O–H groups in total. The zero-order valence-electron chi connectivity index (χ0n) is 11.7. The predicted octanol–water partition coefficient (Wildman–Crippen LogP) is 1.03. The van der Waals surface area contributed by atoms with Gasteiger partial charge in [-0.1, -0.05) is 12.1 Å². The molecule has 0 saturated heterocycles. The Morgan fingerprint density at radius 3 is 2.95 bits per heavy atom. The van der Waals surface area contributed by atoms with E-state index in [4.69, 9.17) is 10.00 Å². The van der Waals surface area contributed by atoms with Crippen molar-refractivity contribution in [2.75, 3.05) is 13.2 Å². The monoisotopic (exact) mass is 284 g/mol. The second-order valence-electron chi connectivity index (χ2n) is 4.48. The smallest absolute Gasteiger partial charge is 0.257 e. The topological polar surface area (TPSA) is 79.9 Å². The van der Waals surface area contributed by atoms with Crippen molar-refractivity contribution in [1.29, 1.82) is 5.26 Å². The maximum Gasteiger partial charge on any atom is 0.257 e. The van der Waals surface area contributed by atoms with Crippen LogP contribution in [0.2, 0.25) is 0 Å². The zero-order chi connectivity index (χ0) is 15.1. The first-order valence-electron chi connectivity index (χ1n) is 6.56. The SMILES string of the molecule is Cn1ccc(CCNC(=O)COc2ccccc2C#N)n1. The number of nitrogens with one attached hydrogen (secondary N) is 1. The third kappa shape index (κ3) is 4.35. The molecule has 2 rings (SSSR count). The summed E-state index contributed by atoms with van der Waals surface area (Å²) in [5.41, 5.74) is 1.34. The van der Waals surface area contributed by atoms with Gasteiger partial charge in [-0.05, 0) is 18.2 Å². The van der Waals surface area contributed by atoms with E-state index < -0.39 is 0 Å². The highest BCUT2D eigenvalue weighted by Gasteiger charge is 2.06. The van der Waals surface area contributed by atoms with Gasteiger partial charge < -0.3 is 10.1 Å². The number of rotatable bonds is 6. The van der Waals surface area contributed by atoms with Crippen LogP contribution in [0.4, 0.5) is 0 Å². The molecule has 1 aromatic carbocycles. The van der Waals surface area contributed by atoms with Crippen molar-refractivity contribution in [1.82, 2.24) is 15.1 Å². The molecule has 0 bridgehead atoms. The highest BCUT2D eigenvalue weighted by Crippen LogP contribution is 2.15. The summed E-state index contributed by atoms with van der Waals surface area (Å²) in [4.78, 5) is 11.7. The van der Waals surface area contributed by atoms with E-state index in [1.54, 1.807) is 28.9 Å². The maximum absolute atomic E-state index is 11.7. The van der Waals surface area contributed by atoms with E-state index in [-0.39, 0.29) is 12.5 Å². The molecule has 0 radical (unpaired) electrons. The number of ether oxygens (including phenoxy) is 1. The van der Waals surface area contributed by atoms with Crippen LogP contribution >= 0.6 is 0 Å². The number of aromatic nitrogens is 2. The van der Waals surface area contributed by atoms with Gasteiger partial charge in [0.15, 0.2) is 6.61 Å². The molecule has 1 amide bonds. The molecule has 0 fully saturated rings. The Morgan fingerprint density at radius 2 is 2.24 bits per heavy atom. The minimum Gasteiger partial charge on any atom is -0.482 e. The van der Waals surface area contributed by atoms with Crippen molar-refractivity contribution in [2.45, 2.75) is 6.42 Å². The van der Waals surface area contributed by atoms with Gasteiger partial charge in [-0.15, -0.1) is 0 Å². The van der Waals surface area contributed by atoms with Gasteiger partial charge in [-0.2, -0.15) is 10.4 Å². The van der Waals surface area contributed by atoms with Crippen molar-refractivity contribution >= 4 is 5.91 Å². The fraction of sp³-hybridized carbons (Fsp3) is 0.267. The Hall–Kier alpha value is -2.81. The second kappa shape index (κ2) is 7.10. The predicted molar refractivity (Wildman–Crippen MR) is 76.6 cm³/mol. The lowest BCUT2D eigenvalue weighted by Gasteiger charge is -2.08. The van der Waals surface area contributed by atoms with Crippen molar-refractivity contribution in [2.24, 2.45) is 7.05 Å². The average molecular weight is 284 g/mol. The molecule has 1 aromatic heterocycles. The molecular weight excluding hydrogens is 268 g/mol. The molecule has 0 aliphatic heterocycles. The zero-order valence-corrected chi connectivity index (χ0v) is 11.7. The van der Waals surface area contributed by atoms with Gasteiger partial charge in [0, 0.05) is 26.2 Å². The molecule has 1 heterocycles. The number of benzene rings is 1. The van der Waals surface area contributed by atoms with Crippen LogP contribution in [0.5, 0.6) is 5.75 Å². The van der Waals surface area contributed by atoms with E-state index >= 15 is 0 Å². The quantitative estimate of drug-likeness (QED) is 0.859. The summed E-state index contributed by atoms with van der Waals surface area (Å²) >= 11 is 0. The highest BCUT2D eigenvalue weighted by atomic mass is 16.5. The van der Waals surface area contributed by atoms with E-state index in [2.05, 4.69) is 10.4 Å². The molecule has 21 heavy (non-hydrogen) atoms. The number of hydrogen-bond donors (Lipinski definition) is 1. The lowest BCUT2D eigenvalue weighted by Crippen LogP contribution is -2.30. The summed E-state index contributed by atoms with van der Waals surface area (Å²) in [5.74, 6) is 0.193. The molecule has 2 aromatic rings. The van der Waals surface area contributed by atoms with Crippen LogP contribution < -0.4 is 10.1 Å². The van der Waals surface area contributed by atoms with Crippen molar-refractivity contribution in [3.05, 3.63) is 47.8 Å². The Morgan fingerprint density at radius 1 is 1.43 bits per heavy atom. The normalized spacial score (nSPS) is 9.90. The minimum absolute atomic E-state index is 0.110. The number of hydrogen-bond acceptors (Lipinski definition) is 4. The Kier molecular flexibility index (Phi) is 4.94. The molecule has 0 spiro atoms. The van der Waals surface area contributed by atoms with E-state index in [0.717, 1.165) is 5.69 Å². The van der Waals surface area contributed by atoms with Crippen LogP contribution in [0.15, 0.2) is 36.5 Å². The second-order valence-corrected chi connectivity index (χ2v) is 4.48. The third-order valence-corrected chi connectivity index (χ3v) is 2.84. The Labute approximate surface area is 123 Å². The largest absolute Gasteiger partial charge is 0.482 e. The molecule has 0 aliphatic carbocycles. The number of carbonyl (C=O) groups excluding carboxylic acids is 1. The number of carbonyl (C=O) groups is 1. The minimum atomic E-state index is -0.223. The first kappa shape index (κ1) is 14.6. The van der Waals surface area contributed by atoms with Gasteiger partial charge >= 0.3 is 0 Å². The fourth-order valence-corrected chi connectivity index (χ4v) is 1.81. The van der Waals surface area contributed by atoms with Crippen LogP contribution in [-0.4, -0.2) is 28.8 Å². The lowest BCUT2D eigenvalue weighted by molar-refractivity contribution is -0.123. The van der Waals surface area contributed by atoms with E-state index in [1.807, 2.05) is 25.4 Å². The molecule has 0 atom stereocenters. The van der Waals surface area contributed by atoms with Gasteiger partial charge in [0.2, 0.25) is 0 Å². The molecular formula is C15H16N4O2. The van der Waals surface area contributed by atoms with Crippen LogP contribution in [0.25, 0.3) is 0 Å². The Bertz CT molecular complexity index is 658. The van der Waals surface area contributed by atoms with Gasteiger partial charge in [0.05, 0.1) is 11.3 Å². The van der Waals surface area contributed by atoms with Gasteiger partial charge in [0.25, 0.3) is 5.91 Å². The average Bonchev–Trinajstić information content (AvgIpc) is 2.91. The lowest BCUT2D eigenvalue weighted by atomic mass is 10.2. The third-order valence-electron chi connectivity index (χ3n) is 2.84. The first-order valence-corrected chi connectivity index (χ1v) is 6.56. The van der Waals surface area contributed by atoms with Gasteiger partial charge in [-0.25, -0.2) is 0 Å². The molecule has 0 unspecified atom stereocenters. The van der Waals surface area contributed by atoms with E-state index in [0.29, 0.717) is 24.3 Å². The van der Waals surface area contributed by atoms with Crippen LogP contribution in [0, 0.1) is 11.3 Å². The summed E-state index contributed by atoms with van der Waals surface area (Å²) in [7, 11) is 1.85. The fourth-order valence-electron chi connectivity index (χ4n) is 1.81. The van der Waals surface area contributed by atoms with Crippen LogP contribution in [0.3, 0.4) is 0 Å². The molecule has 0 aliphatic rings. The molecule has 6 heteroatoms. The highest BCUT2D eigenvalue weighted by molar-refractivity contribution is 5.77. The molecule has 6 nitrogen and oxygen atoms in total.